The molecule has 0 fully saturated rings. The Morgan fingerprint density at radius 3 is 2.46 bits per heavy atom. The maximum absolute atomic E-state index is 13.1. The van der Waals surface area contributed by atoms with Crippen LogP contribution in [0.1, 0.15) is 24.0 Å². The van der Waals surface area contributed by atoms with Crippen LogP contribution in [-0.2, 0) is 11.0 Å². The predicted molar refractivity (Wildman–Crippen MR) is 92.1 cm³/mol. The monoisotopic (exact) mass is 359 g/mol. The highest BCUT2D eigenvalue weighted by atomic mass is 19.4. The lowest BCUT2D eigenvalue weighted by atomic mass is 10.0. The van der Waals surface area contributed by atoms with E-state index in [9.17, 15) is 18.0 Å². The maximum Gasteiger partial charge on any atom is 0.416 e. The van der Waals surface area contributed by atoms with E-state index in [2.05, 4.69) is 10.4 Å². The molecule has 26 heavy (non-hydrogen) atoms. The minimum absolute atomic E-state index is 0.0521. The van der Waals surface area contributed by atoms with Crippen LogP contribution >= 0.6 is 0 Å². The number of amides is 1. The van der Waals surface area contributed by atoms with E-state index in [0.717, 1.165) is 17.7 Å². The van der Waals surface area contributed by atoms with E-state index in [-0.39, 0.29) is 5.69 Å². The summed E-state index contributed by atoms with van der Waals surface area (Å²) in [5.41, 5.74) is 0.349. The van der Waals surface area contributed by atoms with Crippen LogP contribution in [0.2, 0.25) is 0 Å². The Hall–Kier alpha value is -3.09. The molecule has 0 spiro atoms. The average molecular weight is 359 g/mol. The smallest absolute Gasteiger partial charge is 0.324 e. The van der Waals surface area contributed by atoms with Gasteiger partial charge in [-0.25, -0.2) is 4.68 Å². The van der Waals surface area contributed by atoms with Gasteiger partial charge in [-0.05, 0) is 36.8 Å². The SMILES string of the molecule is CC(C(=O)Nc1cc(C(F)(F)F)ccc1-n1cccn1)c1ccccc1. The van der Waals surface area contributed by atoms with Crippen LogP contribution in [-0.4, -0.2) is 15.7 Å². The number of carbonyl (C=O) groups is 1. The van der Waals surface area contributed by atoms with Gasteiger partial charge in [0.1, 0.15) is 0 Å². The zero-order chi connectivity index (χ0) is 18.7. The highest BCUT2D eigenvalue weighted by Gasteiger charge is 2.31. The Morgan fingerprint density at radius 2 is 1.85 bits per heavy atom. The average Bonchev–Trinajstić information content (AvgIpc) is 3.15. The molecule has 0 saturated heterocycles. The molecule has 0 aliphatic rings. The van der Waals surface area contributed by atoms with Crippen molar-refractivity contribution in [3.05, 3.63) is 78.1 Å². The number of hydrogen-bond donors (Lipinski definition) is 1. The molecule has 7 heteroatoms. The Kier molecular flexibility index (Phi) is 4.79. The van der Waals surface area contributed by atoms with Gasteiger partial charge in [0.15, 0.2) is 0 Å². The van der Waals surface area contributed by atoms with Gasteiger partial charge in [-0.3, -0.25) is 4.79 Å². The maximum atomic E-state index is 13.1. The number of alkyl halides is 3. The summed E-state index contributed by atoms with van der Waals surface area (Å²) in [5, 5.41) is 6.64. The molecule has 0 aliphatic heterocycles. The van der Waals surface area contributed by atoms with Gasteiger partial charge in [0.05, 0.1) is 22.9 Å². The second-order valence-electron chi connectivity index (χ2n) is 5.80. The van der Waals surface area contributed by atoms with Crippen molar-refractivity contribution >= 4 is 11.6 Å². The standard InChI is InChI=1S/C19H16F3N3O/c1-13(14-6-3-2-4-7-14)18(26)24-16-12-15(19(20,21)22)8-9-17(16)25-11-5-10-23-25/h2-13H,1H3,(H,24,26). The first-order valence-corrected chi connectivity index (χ1v) is 7.93. The van der Waals surface area contributed by atoms with Gasteiger partial charge in [-0.2, -0.15) is 18.3 Å². The van der Waals surface area contributed by atoms with Gasteiger partial charge in [0.2, 0.25) is 5.91 Å². The van der Waals surface area contributed by atoms with Crippen molar-refractivity contribution in [3.63, 3.8) is 0 Å². The molecule has 1 atom stereocenters. The third kappa shape index (κ3) is 3.77. The molecular weight excluding hydrogens is 343 g/mol. The number of anilines is 1. The number of nitrogens with zero attached hydrogens (tertiary/aromatic N) is 2. The molecule has 1 aromatic heterocycles. The van der Waals surface area contributed by atoms with Gasteiger partial charge in [-0.1, -0.05) is 30.3 Å². The largest absolute Gasteiger partial charge is 0.416 e. The number of halogens is 3. The van der Waals surface area contributed by atoms with Gasteiger partial charge >= 0.3 is 6.18 Å². The fourth-order valence-corrected chi connectivity index (χ4v) is 2.56. The Morgan fingerprint density at radius 1 is 1.12 bits per heavy atom. The quantitative estimate of drug-likeness (QED) is 0.738. The summed E-state index contributed by atoms with van der Waals surface area (Å²) in [4.78, 5) is 12.6. The second kappa shape index (κ2) is 7.03. The van der Waals surface area contributed by atoms with E-state index >= 15 is 0 Å². The summed E-state index contributed by atoms with van der Waals surface area (Å²) >= 11 is 0. The molecule has 1 N–H and O–H groups in total. The zero-order valence-electron chi connectivity index (χ0n) is 13.9. The first-order valence-electron chi connectivity index (χ1n) is 7.93. The van der Waals surface area contributed by atoms with E-state index in [0.29, 0.717) is 5.69 Å². The molecule has 1 amide bonds. The molecule has 0 aliphatic carbocycles. The van der Waals surface area contributed by atoms with Crippen molar-refractivity contribution in [1.29, 1.82) is 0 Å². The molecule has 1 unspecified atom stereocenters. The highest BCUT2D eigenvalue weighted by molar-refractivity contribution is 5.97. The number of rotatable bonds is 4. The summed E-state index contributed by atoms with van der Waals surface area (Å²) in [6, 6.07) is 13.9. The molecular formula is C19H16F3N3O. The van der Waals surface area contributed by atoms with Gasteiger partial charge in [0.25, 0.3) is 0 Å². The van der Waals surface area contributed by atoms with Crippen molar-refractivity contribution in [2.45, 2.75) is 19.0 Å². The van der Waals surface area contributed by atoms with E-state index in [4.69, 9.17) is 0 Å². The Bertz CT molecular complexity index is 890. The highest BCUT2D eigenvalue weighted by Crippen LogP contribution is 2.33. The van der Waals surface area contributed by atoms with Crippen LogP contribution in [0.3, 0.4) is 0 Å². The lowest BCUT2D eigenvalue weighted by Gasteiger charge is -2.17. The third-order valence-electron chi connectivity index (χ3n) is 4.03. The van der Waals surface area contributed by atoms with Gasteiger partial charge < -0.3 is 5.32 Å². The topological polar surface area (TPSA) is 46.9 Å². The molecule has 3 rings (SSSR count). The van der Waals surface area contributed by atoms with Crippen molar-refractivity contribution in [1.82, 2.24) is 9.78 Å². The van der Waals surface area contributed by atoms with Crippen LogP contribution in [0.15, 0.2) is 67.0 Å². The van der Waals surface area contributed by atoms with Gasteiger partial charge in [0, 0.05) is 12.4 Å². The summed E-state index contributed by atoms with van der Waals surface area (Å²) in [5.74, 6) is -0.917. The molecule has 4 nitrogen and oxygen atoms in total. The zero-order valence-corrected chi connectivity index (χ0v) is 13.9. The molecule has 134 valence electrons. The molecule has 0 radical (unpaired) electrons. The van der Waals surface area contributed by atoms with E-state index in [1.54, 1.807) is 43.5 Å². The lowest BCUT2D eigenvalue weighted by molar-refractivity contribution is -0.137. The van der Waals surface area contributed by atoms with Crippen molar-refractivity contribution < 1.29 is 18.0 Å². The van der Waals surface area contributed by atoms with Crippen molar-refractivity contribution in [3.8, 4) is 5.69 Å². The number of nitrogens with one attached hydrogen (secondary N) is 1. The number of benzene rings is 2. The third-order valence-corrected chi connectivity index (χ3v) is 4.03. The summed E-state index contributed by atoms with van der Waals surface area (Å²) in [6.45, 7) is 1.70. The van der Waals surface area contributed by atoms with E-state index in [1.807, 2.05) is 6.07 Å². The lowest BCUT2D eigenvalue weighted by Crippen LogP contribution is -2.20. The van der Waals surface area contributed by atoms with Crippen LogP contribution < -0.4 is 5.32 Å². The number of carbonyl (C=O) groups excluding carboxylic acids is 1. The first-order chi connectivity index (χ1) is 12.4. The van der Waals surface area contributed by atoms with E-state index in [1.165, 1.54) is 16.9 Å². The summed E-state index contributed by atoms with van der Waals surface area (Å²) < 4.78 is 40.6. The van der Waals surface area contributed by atoms with Crippen LogP contribution in [0.5, 0.6) is 0 Å². The van der Waals surface area contributed by atoms with E-state index < -0.39 is 23.6 Å². The number of aromatic nitrogens is 2. The molecule has 1 heterocycles. The van der Waals surface area contributed by atoms with Crippen molar-refractivity contribution in [2.24, 2.45) is 0 Å². The first kappa shape index (κ1) is 17.7. The predicted octanol–water partition coefficient (Wildman–Crippen LogP) is 4.63. The fourth-order valence-electron chi connectivity index (χ4n) is 2.56. The molecule has 0 saturated carbocycles. The minimum Gasteiger partial charge on any atom is -0.324 e. The van der Waals surface area contributed by atoms with Crippen molar-refractivity contribution in [2.75, 3.05) is 5.32 Å². The van der Waals surface area contributed by atoms with Crippen LogP contribution in [0.25, 0.3) is 5.69 Å². The number of hydrogen-bond acceptors (Lipinski definition) is 2. The van der Waals surface area contributed by atoms with Crippen LogP contribution in [0.4, 0.5) is 18.9 Å². The normalized spacial score (nSPS) is 12.6. The molecule has 2 aromatic carbocycles. The Balaban J connectivity index is 1.95. The molecule has 0 bridgehead atoms. The minimum atomic E-state index is -4.51. The molecule has 3 aromatic rings. The fraction of sp³-hybridized carbons (Fsp3) is 0.158. The Labute approximate surface area is 148 Å². The second-order valence-corrected chi connectivity index (χ2v) is 5.80. The van der Waals surface area contributed by atoms with Gasteiger partial charge in [-0.15, -0.1) is 0 Å². The summed E-state index contributed by atoms with van der Waals surface area (Å²) in [6.07, 6.45) is -1.40. The van der Waals surface area contributed by atoms with Crippen LogP contribution in [0, 0.1) is 0 Å². The summed E-state index contributed by atoms with van der Waals surface area (Å²) in [7, 11) is 0.